The van der Waals surface area contributed by atoms with Crippen LogP contribution >= 0.6 is 23.6 Å². The Morgan fingerprint density at radius 3 is 2.00 bits per heavy atom. The fourth-order valence-electron chi connectivity index (χ4n) is 1.65. The highest BCUT2D eigenvalue weighted by atomic mass is 32.1. The number of nitrogens with one attached hydrogen (secondary N) is 1. The van der Waals surface area contributed by atoms with E-state index >= 15 is 0 Å². The number of benzene rings is 1. The van der Waals surface area contributed by atoms with Crippen molar-refractivity contribution in [2.24, 2.45) is 0 Å². The molecule has 2 aromatic rings. The number of rotatable bonds is 1. The fourth-order valence-corrected chi connectivity index (χ4v) is 2.80. The third-order valence-electron chi connectivity index (χ3n) is 2.60. The minimum Gasteiger partial charge on any atom is -0.337 e. The van der Waals surface area contributed by atoms with Gasteiger partial charge in [0.1, 0.15) is 0 Å². The van der Waals surface area contributed by atoms with Crippen LogP contribution < -0.4 is 0 Å². The Hall–Kier alpha value is -1.16. The molecule has 1 N–H and O–H groups in total. The molecule has 1 aromatic carbocycles. The quantitative estimate of drug-likeness (QED) is 0.556. The molecule has 0 saturated carbocycles. The van der Waals surface area contributed by atoms with Gasteiger partial charge in [0.05, 0.1) is 10.2 Å². The van der Waals surface area contributed by atoms with Crippen LogP contribution in [0.15, 0.2) is 18.2 Å². The van der Waals surface area contributed by atoms with Gasteiger partial charge in [-0.15, -0.1) is 11.3 Å². The van der Waals surface area contributed by atoms with E-state index in [1.54, 1.807) is 0 Å². The van der Waals surface area contributed by atoms with Crippen LogP contribution in [0.5, 0.6) is 0 Å². The minimum atomic E-state index is -6.11. The van der Waals surface area contributed by atoms with Gasteiger partial charge in [-0.3, -0.25) is 0 Å². The van der Waals surface area contributed by atoms with E-state index in [9.17, 15) is 30.7 Å². The van der Waals surface area contributed by atoms with E-state index < -0.39 is 23.6 Å². The van der Waals surface area contributed by atoms with Crippen molar-refractivity contribution in [1.82, 2.24) is 4.98 Å². The third-order valence-corrected chi connectivity index (χ3v) is 3.80. The lowest BCUT2D eigenvalue weighted by Gasteiger charge is -2.30. The molecule has 0 radical (unpaired) electrons. The van der Waals surface area contributed by atoms with E-state index in [4.69, 9.17) is 12.2 Å². The summed E-state index contributed by atoms with van der Waals surface area (Å²) < 4.78 is 89.4. The smallest absolute Gasteiger partial charge is 0.337 e. The molecule has 0 saturated heterocycles. The number of hydrogen-bond acceptors (Lipinski definition) is 2. The van der Waals surface area contributed by atoms with Gasteiger partial charge in [-0.25, -0.2) is 4.39 Å². The molecule has 1 heterocycles. The number of thiazole rings is 1. The van der Waals surface area contributed by atoms with Gasteiger partial charge in [0.25, 0.3) is 0 Å². The van der Waals surface area contributed by atoms with E-state index in [-0.39, 0.29) is 14.2 Å². The fraction of sp³-hybridized carbons (Fsp3) is 0.300. The zero-order valence-electron chi connectivity index (χ0n) is 9.19. The first-order chi connectivity index (χ1) is 8.97. The number of hydrogen-bond donors (Lipinski definition) is 1. The summed E-state index contributed by atoms with van der Waals surface area (Å²) in [5.41, 5.74) is -6.69. The van der Waals surface area contributed by atoms with Crippen molar-refractivity contribution >= 4 is 33.8 Å². The molecule has 0 bridgehead atoms. The summed E-state index contributed by atoms with van der Waals surface area (Å²) in [5, 5.41) is 0. The molecular weight excluding hydrogens is 331 g/mol. The maximum absolute atomic E-state index is 13.8. The van der Waals surface area contributed by atoms with E-state index in [1.807, 2.05) is 0 Å². The molecule has 20 heavy (non-hydrogen) atoms. The lowest BCUT2D eigenvalue weighted by Crippen LogP contribution is -2.50. The number of aromatic amines is 1. The zero-order valence-corrected chi connectivity index (χ0v) is 10.8. The number of aromatic nitrogens is 1. The predicted molar refractivity (Wildman–Crippen MR) is 61.9 cm³/mol. The molecular formula is C10H4F7NS2. The Bertz CT molecular complexity index is 680. The lowest BCUT2D eigenvalue weighted by molar-refractivity contribution is -0.348. The van der Waals surface area contributed by atoms with Crippen molar-refractivity contribution in [3.8, 4) is 0 Å². The van der Waals surface area contributed by atoms with Gasteiger partial charge in [0.2, 0.25) is 0 Å². The van der Waals surface area contributed by atoms with E-state index in [0.717, 1.165) is 17.4 Å². The van der Waals surface area contributed by atoms with Gasteiger partial charge >= 0.3 is 18.0 Å². The third kappa shape index (κ3) is 2.20. The van der Waals surface area contributed by atoms with Gasteiger partial charge in [0.15, 0.2) is 3.95 Å². The van der Waals surface area contributed by atoms with Crippen LogP contribution in [0.3, 0.4) is 0 Å². The zero-order chi connectivity index (χ0) is 15.3. The molecule has 110 valence electrons. The summed E-state index contributed by atoms with van der Waals surface area (Å²) in [6.45, 7) is 0. The van der Waals surface area contributed by atoms with Gasteiger partial charge in [-0.1, -0.05) is 6.07 Å². The summed E-state index contributed by atoms with van der Waals surface area (Å²) in [5.74, 6) is 0. The largest absolute Gasteiger partial charge is 0.435 e. The first-order valence-corrected chi connectivity index (χ1v) is 6.15. The van der Waals surface area contributed by atoms with E-state index in [1.165, 1.54) is 0 Å². The van der Waals surface area contributed by atoms with Crippen LogP contribution in [-0.2, 0) is 5.67 Å². The van der Waals surface area contributed by atoms with E-state index in [0.29, 0.717) is 12.1 Å². The van der Waals surface area contributed by atoms with E-state index in [2.05, 4.69) is 4.98 Å². The summed E-state index contributed by atoms with van der Waals surface area (Å²) in [4.78, 5) is 2.56. The molecule has 1 aromatic heterocycles. The Kier molecular flexibility index (Phi) is 3.36. The van der Waals surface area contributed by atoms with Crippen LogP contribution in [0, 0.1) is 3.95 Å². The van der Waals surface area contributed by atoms with Crippen LogP contribution in [0.4, 0.5) is 30.7 Å². The van der Waals surface area contributed by atoms with Crippen LogP contribution in [0.2, 0.25) is 0 Å². The Morgan fingerprint density at radius 1 is 0.950 bits per heavy atom. The molecule has 0 aliphatic rings. The lowest BCUT2D eigenvalue weighted by atomic mass is 9.94. The number of halogens is 7. The van der Waals surface area contributed by atoms with Crippen molar-refractivity contribution in [2.75, 3.05) is 0 Å². The second-order valence-corrected chi connectivity index (χ2v) is 5.60. The maximum Gasteiger partial charge on any atom is 0.435 e. The molecule has 0 aliphatic heterocycles. The van der Waals surface area contributed by atoms with Gasteiger partial charge in [-0.05, 0) is 24.4 Å². The predicted octanol–water partition coefficient (Wildman–Crippen LogP) is 5.25. The average Bonchev–Trinajstić information content (AvgIpc) is 2.63. The average molecular weight is 335 g/mol. The summed E-state index contributed by atoms with van der Waals surface area (Å²) >= 11 is 5.48. The molecule has 0 atom stereocenters. The molecule has 2 rings (SSSR count). The molecule has 1 nitrogen and oxygen atoms in total. The number of alkyl halides is 7. The Morgan fingerprint density at radius 2 is 1.50 bits per heavy atom. The Balaban J connectivity index is 2.72. The first-order valence-electron chi connectivity index (χ1n) is 4.92. The second kappa shape index (κ2) is 4.42. The highest BCUT2D eigenvalue weighted by Gasteiger charge is 2.73. The minimum absolute atomic E-state index is 0.0167. The Labute approximate surface area is 116 Å². The molecule has 0 fully saturated rings. The molecule has 0 unspecified atom stereocenters. The number of H-pyrrole nitrogens is 1. The van der Waals surface area contributed by atoms with Gasteiger partial charge < -0.3 is 4.98 Å². The monoisotopic (exact) mass is 335 g/mol. The van der Waals surface area contributed by atoms with Gasteiger partial charge in [0, 0.05) is 5.56 Å². The molecule has 0 spiro atoms. The van der Waals surface area contributed by atoms with Crippen molar-refractivity contribution in [3.05, 3.63) is 27.7 Å². The maximum atomic E-state index is 13.8. The van der Waals surface area contributed by atoms with Crippen molar-refractivity contribution < 1.29 is 30.7 Å². The molecule has 0 aliphatic carbocycles. The normalized spacial score (nSPS) is 13.9. The van der Waals surface area contributed by atoms with Crippen molar-refractivity contribution in [3.63, 3.8) is 0 Å². The topological polar surface area (TPSA) is 15.8 Å². The first kappa shape index (κ1) is 15.2. The second-order valence-electron chi connectivity index (χ2n) is 3.88. The molecule has 0 amide bonds. The number of fused-ring (bicyclic) bond motifs is 1. The highest BCUT2D eigenvalue weighted by Crippen LogP contribution is 2.53. The van der Waals surface area contributed by atoms with Crippen molar-refractivity contribution in [2.45, 2.75) is 18.0 Å². The summed E-state index contributed by atoms with van der Waals surface area (Å²) in [6, 6.07) is 1.89. The standard InChI is InChI=1S/C10H4F7NS2/c11-8(9(12,13)14,10(15,16)17)4-1-2-5-6(3-4)20-7(19)18-5/h1-3H,(H,18,19). The van der Waals surface area contributed by atoms with Crippen LogP contribution in [-0.4, -0.2) is 17.3 Å². The van der Waals surface area contributed by atoms with Crippen molar-refractivity contribution in [1.29, 1.82) is 0 Å². The molecule has 10 heteroatoms. The summed E-state index contributed by atoms with van der Waals surface area (Å²) in [7, 11) is 0. The summed E-state index contributed by atoms with van der Waals surface area (Å²) in [6.07, 6.45) is -12.2. The van der Waals surface area contributed by atoms with Crippen LogP contribution in [0.1, 0.15) is 5.56 Å². The van der Waals surface area contributed by atoms with Gasteiger partial charge in [-0.2, -0.15) is 26.3 Å². The SMILES string of the molecule is FC(F)(F)C(F)(c1ccc2[nH]c(=S)sc2c1)C(F)(F)F. The van der Waals surface area contributed by atoms with Crippen LogP contribution in [0.25, 0.3) is 10.2 Å². The highest BCUT2D eigenvalue weighted by molar-refractivity contribution is 7.73.